The van der Waals surface area contributed by atoms with Crippen LogP contribution in [0.15, 0.2) is 82.3 Å². The van der Waals surface area contributed by atoms with Crippen molar-refractivity contribution in [2.75, 3.05) is 12.4 Å². The van der Waals surface area contributed by atoms with Gasteiger partial charge in [0, 0.05) is 11.8 Å². The van der Waals surface area contributed by atoms with E-state index in [0.717, 1.165) is 5.56 Å². The number of amides is 1. The topological polar surface area (TPSA) is 97.6 Å². The van der Waals surface area contributed by atoms with Crippen LogP contribution in [-0.4, -0.2) is 21.4 Å². The lowest BCUT2D eigenvalue weighted by Crippen LogP contribution is -2.23. The Morgan fingerprint density at radius 3 is 2.69 bits per heavy atom. The highest BCUT2D eigenvalue weighted by Gasteiger charge is 2.15. The molecule has 3 aromatic rings. The Morgan fingerprint density at radius 1 is 1.10 bits per heavy atom. The summed E-state index contributed by atoms with van der Waals surface area (Å²) in [5.41, 5.74) is 1.17. The highest BCUT2D eigenvalue weighted by Crippen LogP contribution is 2.17. The third kappa shape index (κ3) is 5.81. The zero-order chi connectivity index (χ0) is 20.7. The molecule has 0 aliphatic rings. The van der Waals surface area contributed by atoms with Crippen LogP contribution in [0.3, 0.4) is 0 Å². The van der Waals surface area contributed by atoms with E-state index in [1.807, 2.05) is 18.2 Å². The van der Waals surface area contributed by atoms with Crippen LogP contribution in [-0.2, 0) is 21.4 Å². The highest BCUT2D eigenvalue weighted by molar-refractivity contribution is 7.89. The van der Waals surface area contributed by atoms with E-state index < -0.39 is 10.0 Å². The molecule has 0 bridgehead atoms. The Kier molecular flexibility index (Phi) is 6.48. The van der Waals surface area contributed by atoms with Crippen LogP contribution in [0.25, 0.3) is 6.08 Å². The molecule has 1 amide bonds. The minimum absolute atomic E-state index is 0.0369. The van der Waals surface area contributed by atoms with Crippen LogP contribution in [0.2, 0.25) is 0 Å². The minimum atomic E-state index is -3.75. The van der Waals surface area contributed by atoms with Crippen LogP contribution in [0.4, 0.5) is 5.69 Å². The normalized spacial score (nSPS) is 11.5. The Balaban J connectivity index is 1.65. The average Bonchev–Trinajstić information content (AvgIpc) is 3.25. The number of furan rings is 1. The number of carbonyl (C=O) groups is 1. The summed E-state index contributed by atoms with van der Waals surface area (Å²) < 4.78 is 37.6. The van der Waals surface area contributed by atoms with Gasteiger partial charge in [-0.05, 0) is 54.1 Å². The second-order valence-electron chi connectivity index (χ2n) is 6.03. The smallest absolute Gasteiger partial charge is 0.248 e. The van der Waals surface area contributed by atoms with Crippen molar-refractivity contribution in [1.29, 1.82) is 0 Å². The Bertz CT molecular complexity index is 1110. The summed E-state index contributed by atoms with van der Waals surface area (Å²) in [5.74, 6) is 0.805. The number of methoxy groups -OCH3 is 1. The SMILES string of the molecule is COc1cccc(C=CC(=O)Nc2cccc(S(=O)(=O)NCc3ccco3)c2)c1. The number of anilines is 1. The molecule has 0 unspecified atom stereocenters. The molecule has 29 heavy (non-hydrogen) atoms. The summed E-state index contributed by atoms with van der Waals surface area (Å²) in [6, 6.07) is 16.6. The molecule has 2 N–H and O–H groups in total. The molecule has 0 aliphatic carbocycles. The van der Waals surface area contributed by atoms with E-state index in [9.17, 15) is 13.2 Å². The van der Waals surface area contributed by atoms with Gasteiger partial charge >= 0.3 is 0 Å². The summed E-state index contributed by atoms with van der Waals surface area (Å²) in [5, 5.41) is 2.66. The van der Waals surface area contributed by atoms with E-state index in [1.165, 1.54) is 24.5 Å². The number of nitrogens with one attached hydrogen (secondary N) is 2. The number of rotatable bonds is 8. The molecule has 0 radical (unpaired) electrons. The first kappa shape index (κ1) is 20.4. The standard InChI is InChI=1S/C21H20N2O5S/c1-27-18-7-2-5-16(13-18)10-11-21(24)23-17-6-3-9-20(14-17)29(25,26)22-15-19-8-4-12-28-19/h2-14,22H,15H2,1H3,(H,23,24). The van der Waals surface area contributed by atoms with Gasteiger partial charge in [0.2, 0.25) is 15.9 Å². The molecule has 2 aromatic carbocycles. The van der Waals surface area contributed by atoms with Crippen LogP contribution in [0.1, 0.15) is 11.3 Å². The van der Waals surface area contributed by atoms with Gasteiger partial charge in [0.15, 0.2) is 0 Å². The first-order valence-corrected chi connectivity index (χ1v) is 10.2. The fourth-order valence-corrected chi connectivity index (χ4v) is 3.54. The van der Waals surface area contributed by atoms with Crippen molar-refractivity contribution in [2.45, 2.75) is 11.4 Å². The number of carbonyl (C=O) groups excluding carboxylic acids is 1. The quantitative estimate of drug-likeness (QED) is 0.553. The van der Waals surface area contributed by atoms with Crippen molar-refractivity contribution in [3.8, 4) is 5.75 Å². The van der Waals surface area contributed by atoms with E-state index in [-0.39, 0.29) is 17.3 Å². The molecule has 7 nitrogen and oxygen atoms in total. The summed E-state index contributed by atoms with van der Waals surface area (Å²) in [6.07, 6.45) is 4.48. The number of sulfonamides is 1. The first-order valence-electron chi connectivity index (χ1n) is 8.71. The molecule has 1 heterocycles. The second kappa shape index (κ2) is 9.22. The van der Waals surface area contributed by atoms with Crippen molar-refractivity contribution in [3.05, 3.63) is 84.3 Å². The Labute approximate surface area is 169 Å². The molecule has 1 aromatic heterocycles. The summed E-state index contributed by atoms with van der Waals surface area (Å²) in [6.45, 7) is 0.0369. The van der Waals surface area contributed by atoms with Gasteiger partial charge < -0.3 is 14.5 Å². The molecular formula is C21H20N2O5S. The minimum Gasteiger partial charge on any atom is -0.497 e. The van der Waals surface area contributed by atoms with E-state index in [4.69, 9.17) is 9.15 Å². The molecule has 150 valence electrons. The lowest BCUT2D eigenvalue weighted by atomic mass is 10.2. The third-order valence-electron chi connectivity index (χ3n) is 3.95. The van der Waals surface area contributed by atoms with Gasteiger partial charge in [-0.3, -0.25) is 4.79 Å². The lowest BCUT2D eigenvalue weighted by Gasteiger charge is -2.08. The van der Waals surface area contributed by atoms with Crippen molar-refractivity contribution < 1.29 is 22.4 Å². The maximum atomic E-state index is 12.4. The molecule has 8 heteroatoms. The average molecular weight is 412 g/mol. The van der Waals surface area contributed by atoms with Crippen molar-refractivity contribution >= 4 is 27.7 Å². The van der Waals surface area contributed by atoms with Crippen molar-refractivity contribution in [1.82, 2.24) is 4.72 Å². The van der Waals surface area contributed by atoms with Crippen LogP contribution < -0.4 is 14.8 Å². The predicted octanol–water partition coefficient (Wildman–Crippen LogP) is 3.42. The molecular weight excluding hydrogens is 392 g/mol. The molecule has 3 rings (SSSR count). The van der Waals surface area contributed by atoms with Gasteiger partial charge in [0.05, 0.1) is 24.8 Å². The molecule has 0 fully saturated rings. The fraction of sp³-hybridized carbons (Fsp3) is 0.0952. The summed E-state index contributed by atoms with van der Waals surface area (Å²) in [7, 11) is -2.18. The lowest BCUT2D eigenvalue weighted by molar-refractivity contribution is -0.111. The number of benzene rings is 2. The Hall–Kier alpha value is -3.36. The Morgan fingerprint density at radius 2 is 1.93 bits per heavy atom. The monoisotopic (exact) mass is 412 g/mol. The van der Waals surface area contributed by atoms with E-state index in [0.29, 0.717) is 17.2 Å². The first-order chi connectivity index (χ1) is 14.0. The van der Waals surface area contributed by atoms with Gasteiger partial charge in [-0.15, -0.1) is 0 Å². The van der Waals surface area contributed by atoms with Gasteiger partial charge in [-0.2, -0.15) is 0 Å². The van der Waals surface area contributed by atoms with Crippen LogP contribution >= 0.6 is 0 Å². The fourth-order valence-electron chi connectivity index (χ4n) is 2.50. The predicted molar refractivity (Wildman–Crippen MR) is 110 cm³/mol. The van der Waals surface area contributed by atoms with Crippen molar-refractivity contribution in [2.24, 2.45) is 0 Å². The number of hydrogen-bond donors (Lipinski definition) is 2. The molecule has 0 aliphatic heterocycles. The largest absolute Gasteiger partial charge is 0.497 e. The maximum Gasteiger partial charge on any atom is 0.248 e. The van der Waals surface area contributed by atoms with Gasteiger partial charge in [0.1, 0.15) is 11.5 Å². The van der Waals surface area contributed by atoms with E-state index in [1.54, 1.807) is 43.5 Å². The summed E-state index contributed by atoms with van der Waals surface area (Å²) >= 11 is 0. The van der Waals surface area contributed by atoms with Crippen molar-refractivity contribution in [3.63, 3.8) is 0 Å². The van der Waals surface area contributed by atoms with Gasteiger partial charge in [-0.1, -0.05) is 18.2 Å². The van der Waals surface area contributed by atoms with E-state index in [2.05, 4.69) is 10.0 Å². The van der Waals surface area contributed by atoms with Gasteiger partial charge in [0.25, 0.3) is 0 Å². The third-order valence-corrected chi connectivity index (χ3v) is 5.35. The van der Waals surface area contributed by atoms with Crippen LogP contribution in [0.5, 0.6) is 5.75 Å². The summed E-state index contributed by atoms with van der Waals surface area (Å²) in [4.78, 5) is 12.2. The molecule has 0 saturated carbocycles. The highest BCUT2D eigenvalue weighted by atomic mass is 32.2. The molecule has 0 atom stereocenters. The van der Waals surface area contributed by atoms with Crippen LogP contribution in [0, 0.1) is 0 Å². The zero-order valence-corrected chi connectivity index (χ0v) is 16.5. The number of hydrogen-bond acceptors (Lipinski definition) is 5. The second-order valence-corrected chi connectivity index (χ2v) is 7.80. The van der Waals surface area contributed by atoms with E-state index >= 15 is 0 Å². The zero-order valence-electron chi connectivity index (χ0n) is 15.7. The maximum absolute atomic E-state index is 12.4. The number of ether oxygens (including phenoxy) is 1. The molecule has 0 spiro atoms. The van der Waals surface area contributed by atoms with Gasteiger partial charge in [-0.25, -0.2) is 13.1 Å². The molecule has 0 saturated heterocycles.